The summed E-state index contributed by atoms with van der Waals surface area (Å²) in [6.07, 6.45) is 0.480. The number of rotatable bonds is 10. The lowest BCUT2D eigenvalue weighted by atomic mass is 9.93. The van der Waals surface area contributed by atoms with Crippen LogP contribution in [0.4, 0.5) is 5.69 Å². The van der Waals surface area contributed by atoms with Gasteiger partial charge in [-0.1, -0.05) is 13.8 Å². The Morgan fingerprint density at radius 3 is 2.43 bits per heavy atom. The minimum atomic E-state index is -0.885. The maximum absolute atomic E-state index is 13.1. The minimum absolute atomic E-state index is 0.0554. The number of amides is 1. The van der Waals surface area contributed by atoms with E-state index in [1.54, 1.807) is 32.2 Å². The molecule has 0 aromatic heterocycles. The number of methoxy groups -OCH3 is 1. The number of ether oxygens (including phenoxy) is 2. The molecular weight excluding hydrogens is 452 g/mol. The summed E-state index contributed by atoms with van der Waals surface area (Å²) in [5.41, 5.74) is 1.40. The second-order valence-corrected chi connectivity index (χ2v) is 8.87. The summed E-state index contributed by atoms with van der Waals surface area (Å²) in [5.74, 6) is -0.851. The summed E-state index contributed by atoms with van der Waals surface area (Å²) in [7, 11) is 1.54. The van der Waals surface area contributed by atoms with E-state index in [-0.39, 0.29) is 23.6 Å². The Labute approximate surface area is 204 Å². The average Bonchev–Trinajstić information content (AvgIpc) is 3.07. The van der Waals surface area contributed by atoms with E-state index in [9.17, 15) is 24.8 Å². The Hall–Kier alpha value is -3.72. The molecule has 0 spiro atoms. The number of Topliss-reactive ketones (excluding diaryl/α,β-unsaturated/α-hetero) is 1. The topological polar surface area (TPSA) is 119 Å². The number of carbonyl (C=O) groups excluding carboxylic acids is 2. The van der Waals surface area contributed by atoms with Crippen molar-refractivity contribution in [3.8, 4) is 5.75 Å². The number of nitro groups is 1. The number of nitro benzene ring substituents is 1. The highest BCUT2D eigenvalue weighted by atomic mass is 16.6. The van der Waals surface area contributed by atoms with Gasteiger partial charge in [0.25, 0.3) is 17.4 Å². The minimum Gasteiger partial charge on any atom is -0.507 e. The zero-order valence-corrected chi connectivity index (χ0v) is 20.3. The third-order valence-corrected chi connectivity index (χ3v) is 5.74. The molecule has 1 fully saturated rings. The van der Waals surface area contributed by atoms with Gasteiger partial charge >= 0.3 is 0 Å². The van der Waals surface area contributed by atoms with Gasteiger partial charge in [-0.3, -0.25) is 19.7 Å². The number of aliphatic hydroxyl groups excluding tert-OH is 1. The van der Waals surface area contributed by atoms with Gasteiger partial charge in [0.2, 0.25) is 0 Å². The number of aryl methyl sites for hydroxylation is 1. The summed E-state index contributed by atoms with van der Waals surface area (Å²) < 4.78 is 10.8. The van der Waals surface area contributed by atoms with Gasteiger partial charge in [-0.2, -0.15) is 0 Å². The molecule has 1 aliphatic rings. The highest BCUT2D eigenvalue weighted by Crippen LogP contribution is 2.40. The van der Waals surface area contributed by atoms with Crippen molar-refractivity contribution in [3.63, 3.8) is 0 Å². The van der Waals surface area contributed by atoms with Gasteiger partial charge in [-0.05, 0) is 60.7 Å². The Morgan fingerprint density at radius 1 is 1.17 bits per heavy atom. The normalized spacial score (nSPS) is 17.3. The summed E-state index contributed by atoms with van der Waals surface area (Å²) in [5, 5.41) is 22.4. The molecule has 35 heavy (non-hydrogen) atoms. The fourth-order valence-corrected chi connectivity index (χ4v) is 4.01. The summed E-state index contributed by atoms with van der Waals surface area (Å²) >= 11 is 0. The first-order valence-corrected chi connectivity index (χ1v) is 11.4. The van der Waals surface area contributed by atoms with E-state index in [4.69, 9.17) is 9.47 Å². The molecule has 9 nitrogen and oxygen atoms in total. The molecule has 186 valence electrons. The first-order valence-electron chi connectivity index (χ1n) is 11.4. The molecule has 1 saturated heterocycles. The number of hydrogen-bond acceptors (Lipinski definition) is 7. The Bertz CT molecular complexity index is 1140. The lowest BCUT2D eigenvalue weighted by Gasteiger charge is -2.25. The van der Waals surface area contributed by atoms with Crippen LogP contribution >= 0.6 is 0 Å². The summed E-state index contributed by atoms with van der Waals surface area (Å²) in [6.45, 7) is 7.00. The molecule has 3 rings (SSSR count). The van der Waals surface area contributed by atoms with E-state index in [1.807, 2.05) is 13.8 Å². The van der Waals surface area contributed by atoms with Crippen LogP contribution in [-0.4, -0.2) is 53.5 Å². The number of carbonyl (C=O) groups is 2. The van der Waals surface area contributed by atoms with E-state index < -0.39 is 22.7 Å². The van der Waals surface area contributed by atoms with Crippen LogP contribution in [0.5, 0.6) is 5.75 Å². The van der Waals surface area contributed by atoms with Gasteiger partial charge in [0.15, 0.2) is 0 Å². The standard InChI is InChI=1S/C26H30N2O7/c1-16(2)15-35-20-10-11-21(17(3)14-20)24(29)22-23(18-6-8-19(9-7-18)28(32)33)27(12-5-13-34-4)26(31)25(22)30/h6-11,14,16,23,29H,5,12-13,15H2,1-4H3/t23-/m0/s1. The number of hydrogen-bond donors (Lipinski definition) is 1. The van der Waals surface area contributed by atoms with Crippen LogP contribution in [0, 0.1) is 23.0 Å². The van der Waals surface area contributed by atoms with Gasteiger partial charge in [-0.25, -0.2) is 0 Å². The van der Waals surface area contributed by atoms with Crippen LogP contribution in [0.3, 0.4) is 0 Å². The third-order valence-electron chi connectivity index (χ3n) is 5.74. The number of ketones is 1. The van der Waals surface area contributed by atoms with Crippen molar-refractivity contribution in [2.45, 2.75) is 33.2 Å². The Morgan fingerprint density at radius 2 is 1.86 bits per heavy atom. The number of benzene rings is 2. The molecule has 2 aromatic rings. The zero-order valence-electron chi connectivity index (χ0n) is 20.3. The molecule has 1 heterocycles. The van der Waals surface area contributed by atoms with Crippen LogP contribution in [0.2, 0.25) is 0 Å². The van der Waals surface area contributed by atoms with Gasteiger partial charge < -0.3 is 19.5 Å². The van der Waals surface area contributed by atoms with Crippen molar-refractivity contribution in [2.24, 2.45) is 5.92 Å². The number of aliphatic hydroxyl groups is 1. The van der Waals surface area contributed by atoms with E-state index in [0.29, 0.717) is 48.0 Å². The fraction of sp³-hybridized carbons (Fsp3) is 0.385. The Balaban J connectivity index is 2.07. The molecule has 1 N–H and O–H groups in total. The Kier molecular flexibility index (Phi) is 8.24. The van der Waals surface area contributed by atoms with Crippen LogP contribution in [-0.2, 0) is 14.3 Å². The zero-order chi connectivity index (χ0) is 25.7. The molecule has 0 aliphatic carbocycles. The first-order chi connectivity index (χ1) is 16.6. The van der Waals surface area contributed by atoms with E-state index in [2.05, 4.69) is 0 Å². The van der Waals surface area contributed by atoms with Crippen molar-refractivity contribution in [3.05, 3.63) is 74.8 Å². The highest BCUT2D eigenvalue weighted by molar-refractivity contribution is 6.46. The molecule has 1 aliphatic heterocycles. The van der Waals surface area contributed by atoms with Gasteiger partial charge in [0, 0.05) is 38.0 Å². The molecule has 0 bridgehead atoms. The second kappa shape index (κ2) is 11.1. The molecular formula is C26H30N2O7. The number of likely N-dealkylation sites (tertiary alicyclic amines) is 1. The van der Waals surface area contributed by atoms with E-state index in [0.717, 1.165) is 0 Å². The first kappa shape index (κ1) is 25.9. The number of non-ortho nitro benzene ring substituents is 1. The summed E-state index contributed by atoms with van der Waals surface area (Å²) in [6, 6.07) is 9.89. The quantitative estimate of drug-likeness (QED) is 0.133. The predicted octanol–water partition coefficient (Wildman–Crippen LogP) is 4.40. The summed E-state index contributed by atoms with van der Waals surface area (Å²) in [4.78, 5) is 38.0. The van der Waals surface area contributed by atoms with Crippen molar-refractivity contribution < 1.29 is 29.1 Å². The van der Waals surface area contributed by atoms with Crippen molar-refractivity contribution in [1.29, 1.82) is 0 Å². The fourth-order valence-electron chi connectivity index (χ4n) is 4.01. The van der Waals surface area contributed by atoms with Crippen LogP contribution in [0.25, 0.3) is 5.76 Å². The lowest BCUT2D eigenvalue weighted by molar-refractivity contribution is -0.384. The second-order valence-electron chi connectivity index (χ2n) is 8.87. The monoisotopic (exact) mass is 482 g/mol. The molecule has 1 amide bonds. The molecule has 9 heteroatoms. The molecule has 0 radical (unpaired) electrons. The molecule has 2 aromatic carbocycles. The van der Waals surface area contributed by atoms with E-state index in [1.165, 1.54) is 29.2 Å². The van der Waals surface area contributed by atoms with Crippen molar-refractivity contribution in [2.75, 3.05) is 26.9 Å². The van der Waals surface area contributed by atoms with Crippen molar-refractivity contribution in [1.82, 2.24) is 4.90 Å². The SMILES string of the molecule is COCCCN1C(=O)C(=O)C(=C(O)c2ccc(OCC(C)C)cc2C)[C@@H]1c1ccc([N+](=O)[O-])cc1. The number of nitrogens with zero attached hydrogens (tertiary/aromatic N) is 2. The maximum Gasteiger partial charge on any atom is 0.295 e. The van der Waals surface area contributed by atoms with E-state index >= 15 is 0 Å². The van der Waals surface area contributed by atoms with Crippen LogP contribution in [0.1, 0.15) is 43.0 Å². The third kappa shape index (κ3) is 5.68. The van der Waals surface area contributed by atoms with Crippen molar-refractivity contribution >= 4 is 23.1 Å². The van der Waals surface area contributed by atoms with Gasteiger partial charge in [-0.15, -0.1) is 0 Å². The lowest BCUT2D eigenvalue weighted by Crippen LogP contribution is -2.31. The largest absolute Gasteiger partial charge is 0.507 e. The molecule has 0 saturated carbocycles. The maximum atomic E-state index is 13.1. The predicted molar refractivity (Wildman–Crippen MR) is 130 cm³/mol. The average molecular weight is 483 g/mol. The molecule has 0 unspecified atom stereocenters. The smallest absolute Gasteiger partial charge is 0.295 e. The van der Waals surface area contributed by atoms with Gasteiger partial charge in [0.05, 0.1) is 23.1 Å². The van der Waals surface area contributed by atoms with Crippen LogP contribution in [0.15, 0.2) is 48.0 Å². The molecule has 1 atom stereocenters. The van der Waals surface area contributed by atoms with Crippen LogP contribution < -0.4 is 4.74 Å². The highest BCUT2D eigenvalue weighted by Gasteiger charge is 2.46. The van der Waals surface area contributed by atoms with Gasteiger partial charge in [0.1, 0.15) is 11.5 Å².